The molecule has 0 saturated carbocycles. The average Bonchev–Trinajstić information content (AvgIpc) is 2.46. The minimum Gasteiger partial charge on any atom is -0.485 e. The predicted molar refractivity (Wildman–Crippen MR) is 92.3 cm³/mol. The van der Waals surface area contributed by atoms with Crippen molar-refractivity contribution in [2.24, 2.45) is 0 Å². The molecule has 2 nitrogen and oxygen atoms in total. The lowest BCUT2D eigenvalue weighted by molar-refractivity contribution is 0.193. The second kappa shape index (κ2) is 7.64. The molecule has 0 fully saturated rings. The summed E-state index contributed by atoms with van der Waals surface area (Å²) in [4.78, 5) is 0. The minimum absolute atomic E-state index is 0.0832. The molecule has 0 aliphatic carbocycles. The molecule has 0 amide bonds. The van der Waals surface area contributed by atoms with Gasteiger partial charge in [0.15, 0.2) is 0 Å². The third-order valence-electron chi connectivity index (χ3n) is 3.18. The summed E-state index contributed by atoms with van der Waals surface area (Å²) in [6, 6.07) is 16.7. The first kappa shape index (κ1) is 15.3. The number of nitrogens with one attached hydrogen (secondary N) is 1. The van der Waals surface area contributed by atoms with Crippen LogP contribution < -0.4 is 10.1 Å². The zero-order chi connectivity index (χ0) is 14.4. The maximum absolute atomic E-state index is 6.24. The molecule has 1 atom stereocenters. The Labute approximate surface area is 134 Å². The number of hydrogen-bond donors (Lipinski definition) is 1. The third kappa shape index (κ3) is 4.21. The van der Waals surface area contributed by atoms with Gasteiger partial charge < -0.3 is 10.1 Å². The van der Waals surface area contributed by atoms with Crippen LogP contribution in [-0.2, 0) is 0 Å². The van der Waals surface area contributed by atoms with Crippen LogP contribution >= 0.6 is 22.6 Å². The quantitative estimate of drug-likeness (QED) is 0.753. The lowest BCUT2D eigenvalue weighted by Crippen LogP contribution is -2.16. The van der Waals surface area contributed by atoms with Crippen molar-refractivity contribution in [3.8, 4) is 5.75 Å². The van der Waals surface area contributed by atoms with E-state index in [0.29, 0.717) is 0 Å². The van der Waals surface area contributed by atoms with Crippen LogP contribution in [0, 0.1) is 10.5 Å². The number of ether oxygens (including phenoxy) is 1. The van der Waals surface area contributed by atoms with E-state index in [4.69, 9.17) is 4.74 Å². The van der Waals surface area contributed by atoms with Crippen molar-refractivity contribution in [3.05, 3.63) is 63.2 Å². The topological polar surface area (TPSA) is 21.3 Å². The Bertz CT molecular complexity index is 542. The Hall–Kier alpha value is -1.07. The fourth-order valence-corrected chi connectivity index (χ4v) is 2.89. The fourth-order valence-electron chi connectivity index (χ4n) is 2.09. The van der Waals surface area contributed by atoms with Crippen LogP contribution in [0.2, 0.25) is 0 Å². The summed E-state index contributed by atoms with van der Waals surface area (Å²) >= 11 is 2.34. The highest BCUT2D eigenvalue weighted by molar-refractivity contribution is 14.1. The Morgan fingerprint density at radius 3 is 2.55 bits per heavy atom. The number of rotatable bonds is 6. The van der Waals surface area contributed by atoms with Crippen molar-refractivity contribution in [1.29, 1.82) is 0 Å². The average molecular weight is 381 g/mol. The van der Waals surface area contributed by atoms with E-state index in [1.165, 1.54) is 11.1 Å². The summed E-state index contributed by atoms with van der Waals surface area (Å²) in [5, 5.41) is 3.20. The van der Waals surface area contributed by atoms with Crippen LogP contribution in [0.4, 0.5) is 0 Å². The van der Waals surface area contributed by atoms with Crippen LogP contribution in [0.1, 0.15) is 23.7 Å². The maximum Gasteiger partial charge on any atom is 0.133 e. The lowest BCUT2D eigenvalue weighted by atomic mass is 10.1. The fraction of sp³-hybridized carbons (Fsp3) is 0.294. The van der Waals surface area contributed by atoms with Gasteiger partial charge in [-0.05, 0) is 66.4 Å². The van der Waals surface area contributed by atoms with Crippen molar-refractivity contribution in [2.45, 2.75) is 19.4 Å². The van der Waals surface area contributed by atoms with E-state index >= 15 is 0 Å². The van der Waals surface area contributed by atoms with Gasteiger partial charge >= 0.3 is 0 Å². The molecule has 1 N–H and O–H groups in total. The van der Waals surface area contributed by atoms with Crippen LogP contribution in [0.25, 0.3) is 0 Å². The summed E-state index contributed by atoms with van der Waals surface area (Å²) in [6.45, 7) is 3.03. The Morgan fingerprint density at radius 2 is 1.90 bits per heavy atom. The van der Waals surface area contributed by atoms with Crippen LogP contribution in [0.3, 0.4) is 0 Å². The molecule has 0 aliphatic heterocycles. The van der Waals surface area contributed by atoms with Gasteiger partial charge in [-0.25, -0.2) is 0 Å². The molecule has 106 valence electrons. The Kier molecular flexibility index (Phi) is 5.86. The maximum atomic E-state index is 6.24. The van der Waals surface area contributed by atoms with Gasteiger partial charge in [-0.3, -0.25) is 0 Å². The molecular weight excluding hydrogens is 361 g/mol. The molecule has 2 aromatic rings. The van der Waals surface area contributed by atoms with Crippen molar-refractivity contribution in [3.63, 3.8) is 0 Å². The molecular formula is C17H20INO. The minimum atomic E-state index is 0.0832. The van der Waals surface area contributed by atoms with E-state index in [1.807, 2.05) is 13.1 Å². The normalized spacial score (nSPS) is 12.2. The van der Waals surface area contributed by atoms with E-state index in [9.17, 15) is 0 Å². The molecule has 2 rings (SSSR count). The largest absolute Gasteiger partial charge is 0.485 e. The first-order valence-electron chi connectivity index (χ1n) is 6.83. The number of halogens is 1. The molecule has 0 bridgehead atoms. The zero-order valence-corrected chi connectivity index (χ0v) is 14.1. The Morgan fingerprint density at radius 1 is 1.15 bits per heavy atom. The van der Waals surface area contributed by atoms with Gasteiger partial charge in [-0.2, -0.15) is 0 Å². The van der Waals surface area contributed by atoms with Gasteiger partial charge in [-0.15, -0.1) is 0 Å². The third-order valence-corrected chi connectivity index (χ3v) is 4.03. The van der Waals surface area contributed by atoms with E-state index in [-0.39, 0.29) is 6.10 Å². The van der Waals surface area contributed by atoms with Crippen LogP contribution in [-0.4, -0.2) is 13.6 Å². The summed E-state index contributed by atoms with van der Waals surface area (Å²) in [7, 11) is 1.97. The predicted octanol–water partition coefficient (Wildman–Crippen LogP) is 4.33. The van der Waals surface area contributed by atoms with Gasteiger partial charge in [0, 0.05) is 6.42 Å². The van der Waals surface area contributed by atoms with Crippen LogP contribution in [0.15, 0.2) is 48.5 Å². The second-order valence-electron chi connectivity index (χ2n) is 4.84. The van der Waals surface area contributed by atoms with E-state index in [0.717, 1.165) is 22.3 Å². The molecule has 0 saturated heterocycles. The zero-order valence-electron chi connectivity index (χ0n) is 11.9. The van der Waals surface area contributed by atoms with Crippen molar-refractivity contribution in [1.82, 2.24) is 5.32 Å². The smallest absolute Gasteiger partial charge is 0.133 e. The molecule has 0 unspecified atom stereocenters. The summed E-state index contributed by atoms with van der Waals surface area (Å²) in [6.07, 6.45) is 1.03. The molecule has 3 heteroatoms. The molecule has 0 heterocycles. The van der Waals surface area contributed by atoms with E-state index in [1.54, 1.807) is 0 Å². The second-order valence-corrected chi connectivity index (χ2v) is 6.01. The first-order valence-corrected chi connectivity index (χ1v) is 7.91. The summed E-state index contributed by atoms with van der Waals surface area (Å²) in [5.41, 5.74) is 2.48. The van der Waals surface area contributed by atoms with E-state index in [2.05, 4.69) is 77.3 Å². The summed E-state index contributed by atoms with van der Waals surface area (Å²) < 4.78 is 7.40. The molecule has 0 spiro atoms. The molecule has 0 aliphatic rings. The molecule has 0 radical (unpaired) electrons. The van der Waals surface area contributed by atoms with Crippen molar-refractivity contribution >= 4 is 22.6 Å². The first-order chi connectivity index (χ1) is 9.70. The monoisotopic (exact) mass is 381 g/mol. The SMILES string of the molecule is CNCC[C@H](Oc1ccc(C)cc1I)c1ccccc1. The molecule has 2 aromatic carbocycles. The highest BCUT2D eigenvalue weighted by Crippen LogP contribution is 2.29. The van der Waals surface area contributed by atoms with Gasteiger partial charge in [0.1, 0.15) is 11.9 Å². The van der Waals surface area contributed by atoms with E-state index < -0.39 is 0 Å². The van der Waals surface area contributed by atoms with Crippen molar-refractivity contribution < 1.29 is 4.74 Å². The van der Waals surface area contributed by atoms with Gasteiger partial charge in [0.25, 0.3) is 0 Å². The number of benzene rings is 2. The molecule has 0 aromatic heterocycles. The van der Waals surface area contributed by atoms with Gasteiger partial charge in [0.05, 0.1) is 3.57 Å². The number of hydrogen-bond acceptors (Lipinski definition) is 2. The standard InChI is InChI=1S/C17H20INO/c1-13-8-9-17(15(18)12-13)20-16(10-11-19-2)14-6-4-3-5-7-14/h3-9,12,16,19H,10-11H2,1-2H3/t16-/m0/s1. The molecule has 20 heavy (non-hydrogen) atoms. The highest BCUT2D eigenvalue weighted by Gasteiger charge is 2.14. The van der Waals surface area contributed by atoms with Crippen molar-refractivity contribution in [2.75, 3.05) is 13.6 Å². The van der Waals surface area contributed by atoms with Gasteiger partial charge in [0.2, 0.25) is 0 Å². The number of aryl methyl sites for hydroxylation is 1. The van der Waals surface area contributed by atoms with Crippen LogP contribution in [0.5, 0.6) is 5.75 Å². The lowest BCUT2D eigenvalue weighted by Gasteiger charge is -2.20. The Balaban J connectivity index is 2.19. The summed E-state index contributed by atoms with van der Waals surface area (Å²) in [5.74, 6) is 0.959. The van der Waals surface area contributed by atoms with Gasteiger partial charge in [-0.1, -0.05) is 36.4 Å². The highest BCUT2D eigenvalue weighted by atomic mass is 127.